The minimum absolute atomic E-state index is 0.0616. The van der Waals surface area contributed by atoms with Crippen LogP contribution in [0, 0.1) is 7.14 Å². The maximum atomic E-state index is 12.8. The van der Waals surface area contributed by atoms with Gasteiger partial charge in [0, 0.05) is 7.14 Å². The number of halogens is 2. The summed E-state index contributed by atoms with van der Waals surface area (Å²) in [5.41, 5.74) is 0. The van der Waals surface area contributed by atoms with Crippen molar-refractivity contribution in [1.29, 1.82) is 0 Å². The van der Waals surface area contributed by atoms with Crippen molar-refractivity contribution in [2.24, 2.45) is 0 Å². The van der Waals surface area contributed by atoms with Gasteiger partial charge in [0.2, 0.25) is 0 Å². The van der Waals surface area contributed by atoms with Crippen LogP contribution < -0.4 is 4.74 Å². The van der Waals surface area contributed by atoms with Gasteiger partial charge in [-0.05, 0) is 70.2 Å². The number of hydrogen-bond acceptors (Lipinski definition) is 4. The lowest BCUT2D eigenvalue weighted by Crippen LogP contribution is -2.49. The summed E-state index contributed by atoms with van der Waals surface area (Å²) in [6.45, 7) is 0. The molecule has 1 aromatic carbocycles. The Morgan fingerprint density at radius 1 is 1.16 bits per heavy atom. The van der Waals surface area contributed by atoms with E-state index in [2.05, 4.69) is 45.2 Å². The lowest BCUT2D eigenvalue weighted by atomic mass is 9.97. The third kappa shape index (κ3) is 1.73. The van der Waals surface area contributed by atoms with Crippen LogP contribution in [0.5, 0.6) is 5.75 Å². The van der Waals surface area contributed by atoms with Gasteiger partial charge in [-0.3, -0.25) is 0 Å². The van der Waals surface area contributed by atoms with Crippen LogP contribution in [0.25, 0.3) is 0 Å². The second-order valence-corrected chi connectivity index (χ2v) is 9.55. The molecule has 2 bridgehead atoms. The molecule has 4 unspecified atom stereocenters. The Bertz CT molecular complexity index is 673. The molecule has 4 nitrogen and oxygen atoms in total. The molecule has 0 aliphatic carbocycles. The van der Waals surface area contributed by atoms with E-state index < -0.39 is 15.1 Å². The monoisotopic (exact) mass is 504 g/mol. The third-order valence-electron chi connectivity index (χ3n) is 4.02. The third-order valence-corrected chi connectivity index (χ3v) is 8.14. The molecule has 1 aromatic rings. The van der Waals surface area contributed by atoms with Gasteiger partial charge in [0.1, 0.15) is 22.0 Å². The fourth-order valence-electron chi connectivity index (χ4n) is 3.30. The molecule has 2 saturated heterocycles. The molecule has 19 heavy (non-hydrogen) atoms. The highest BCUT2D eigenvalue weighted by atomic mass is 127. The summed E-state index contributed by atoms with van der Waals surface area (Å²) < 4.78 is 39.1. The van der Waals surface area contributed by atoms with E-state index in [9.17, 15) is 8.42 Å². The molecule has 0 spiro atoms. The van der Waals surface area contributed by atoms with Gasteiger partial charge in [-0.15, -0.1) is 0 Å². The fourth-order valence-corrected chi connectivity index (χ4v) is 8.18. The zero-order valence-electron chi connectivity index (χ0n) is 9.68. The maximum absolute atomic E-state index is 12.8. The van der Waals surface area contributed by atoms with E-state index in [-0.39, 0.29) is 18.3 Å². The van der Waals surface area contributed by atoms with Crippen LogP contribution in [-0.2, 0) is 14.6 Å². The highest BCUT2D eigenvalue weighted by molar-refractivity contribution is 14.1. The van der Waals surface area contributed by atoms with Gasteiger partial charge in [-0.25, -0.2) is 8.42 Å². The second kappa shape index (κ2) is 4.20. The Hall–Kier alpha value is 0.390. The predicted molar refractivity (Wildman–Crippen MR) is 85.2 cm³/mol. The lowest BCUT2D eigenvalue weighted by molar-refractivity contribution is 0.0624. The van der Waals surface area contributed by atoms with Gasteiger partial charge >= 0.3 is 0 Å². The second-order valence-electron chi connectivity index (χ2n) is 5.10. The molecule has 0 aromatic heterocycles. The molecule has 3 aliphatic rings. The molecule has 7 heteroatoms. The Labute approximate surface area is 138 Å². The molecule has 0 radical (unpaired) electrons. The first-order valence-electron chi connectivity index (χ1n) is 6.03. The van der Waals surface area contributed by atoms with Crippen LogP contribution in [0.4, 0.5) is 0 Å². The van der Waals surface area contributed by atoms with Crippen molar-refractivity contribution >= 4 is 55.0 Å². The molecule has 0 amide bonds. The first-order valence-corrected chi connectivity index (χ1v) is 9.74. The van der Waals surface area contributed by atoms with Gasteiger partial charge in [-0.1, -0.05) is 0 Å². The zero-order valence-corrected chi connectivity index (χ0v) is 14.8. The Balaban J connectivity index is 1.96. The van der Waals surface area contributed by atoms with Crippen LogP contribution in [0.15, 0.2) is 17.0 Å². The molecular formula is C12H10I2O4S. The topological polar surface area (TPSA) is 52.6 Å². The molecule has 102 valence electrons. The first-order chi connectivity index (χ1) is 8.98. The predicted octanol–water partition coefficient (Wildman–Crippen LogP) is 2.36. The number of ether oxygens (including phenoxy) is 2. The largest absolute Gasteiger partial charge is 0.485 e. The van der Waals surface area contributed by atoms with E-state index in [0.29, 0.717) is 10.6 Å². The quantitative estimate of drug-likeness (QED) is 0.510. The average molecular weight is 504 g/mol. The van der Waals surface area contributed by atoms with Crippen LogP contribution in [0.3, 0.4) is 0 Å². The molecule has 4 atom stereocenters. The molecule has 2 fully saturated rings. The zero-order chi connectivity index (χ0) is 13.4. The number of benzene rings is 1. The van der Waals surface area contributed by atoms with Crippen LogP contribution >= 0.6 is 45.2 Å². The molecule has 4 rings (SSSR count). The SMILES string of the molecule is O=S1(=O)c2c(I)cc(I)cc2OC2C3CCC(O3)C21. The summed E-state index contributed by atoms with van der Waals surface area (Å²) in [5, 5.41) is -0.521. The summed E-state index contributed by atoms with van der Waals surface area (Å²) in [6, 6.07) is 3.67. The van der Waals surface area contributed by atoms with E-state index in [1.165, 1.54) is 0 Å². The van der Waals surface area contributed by atoms with Crippen molar-refractivity contribution in [3.63, 3.8) is 0 Å². The number of fused-ring (bicyclic) bond motifs is 6. The van der Waals surface area contributed by atoms with E-state index in [1.807, 2.05) is 6.07 Å². The lowest BCUT2D eigenvalue weighted by Gasteiger charge is -2.34. The summed E-state index contributed by atoms with van der Waals surface area (Å²) in [7, 11) is -3.36. The molecule has 0 N–H and O–H groups in total. The summed E-state index contributed by atoms with van der Waals surface area (Å²) in [5.74, 6) is 0.494. The Kier molecular flexibility index (Phi) is 2.89. The fraction of sp³-hybridized carbons (Fsp3) is 0.500. The Morgan fingerprint density at radius 3 is 2.68 bits per heavy atom. The average Bonchev–Trinajstić information content (AvgIpc) is 2.87. The highest BCUT2D eigenvalue weighted by Gasteiger charge is 2.59. The van der Waals surface area contributed by atoms with Crippen LogP contribution in [0.1, 0.15) is 12.8 Å². The van der Waals surface area contributed by atoms with Gasteiger partial charge in [0.05, 0.1) is 12.2 Å². The summed E-state index contributed by atoms with van der Waals surface area (Å²) >= 11 is 4.25. The number of sulfone groups is 1. The van der Waals surface area contributed by atoms with Crippen molar-refractivity contribution in [2.45, 2.75) is 41.3 Å². The van der Waals surface area contributed by atoms with Crippen molar-refractivity contribution in [3.05, 3.63) is 19.3 Å². The van der Waals surface area contributed by atoms with E-state index in [1.54, 1.807) is 6.07 Å². The summed E-state index contributed by atoms with van der Waals surface area (Å²) in [6.07, 6.45) is 1.14. The van der Waals surface area contributed by atoms with Crippen LogP contribution in [-0.4, -0.2) is 32.0 Å². The number of rotatable bonds is 0. The molecule has 0 saturated carbocycles. The van der Waals surface area contributed by atoms with Crippen molar-refractivity contribution < 1.29 is 17.9 Å². The van der Waals surface area contributed by atoms with E-state index in [4.69, 9.17) is 9.47 Å². The molecule has 3 aliphatic heterocycles. The first kappa shape index (κ1) is 13.1. The maximum Gasteiger partial charge on any atom is 0.192 e. The van der Waals surface area contributed by atoms with Crippen molar-refractivity contribution in [1.82, 2.24) is 0 Å². The minimum Gasteiger partial charge on any atom is -0.485 e. The van der Waals surface area contributed by atoms with Gasteiger partial charge < -0.3 is 9.47 Å². The molecular weight excluding hydrogens is 494 g/mol. The van der Waals surface area contributed by atoms with Gasteiger partial charge in [0.15, 0.2) is 9.84 Å². The minimum atomic E-state index is -3.36. The van der Waals surface area contributed by atoms with Gasteiger partial charge in [-0.2, -0.15) is 0 Å². The smallest absolute Gasteiger partial charge is 0.192 e. The van der Waals surface area contributed by atoms with Crippen molar-refractivity contribution in [3.8, 4) is 5.75 Å². The standard InChI is InChI=1S/C12H10I2O4S/c13-5-3-6(14)11-9(4-5)18-10-7-1-2-8(17-7)12(10)19(11,15)16/h3-4,7-8,10,12H,1-2H2. The van der Waals surface area contributed by atoms with E-state index >= 15 is 0 Å². The van der Waals surface area contributed by atoms with Crippen molar-refractivity contribution in [2.75, 3.05) is 0 Å². The summed E-state index contributed by atoms with van der Waals surface area (Å²) in [4.78, 5) is 0.353. The molecule has 3 heterocycles. The highest BCUT2D eigenvalue weighted by Crippen LogP contribution is 2.48. The number of hydrogen-bond donors (Lipinski definition) is 0. The normalized spacial score (nSPS) is 37.6. The Morgan fingerprint density at radius 2 is 1.89 bits per heavy atom. The van der Waals surface area contributed by atoms with Gasteiger partial charge in [0.25, 0.3) is 0 Å². The van der Waals surface area contributed by atoms with Crippen LogP contribution in [0.2, 0.25) is 0 Å². The van der Waals surface area contributed by atoms with E-state index in [0.717, 1.165) is 20.0 Å².